The van der Waals surface area contributed by atoms with Crippen molar-refractivity contribution in [1.29, 1.82) is 0 Å². The highest BCUT2D eigenvalue weighted by Crippen LogP contribution is 2.18. The number of benzene rings is 1. The average molecular weight is 254 g/mol. The molecule has 2 nitrogen and oxygen atoms in total. The van der Waals surface area contributed by atoms with E-state index in [1.807, 2.05) is 0 Å². The molecule has 1 unspecified atom stereocenters. The lowest BCUT2D eigenvalue weighted by molar-refractivity contribution is 0.151. The summed E-state index contributed by atoms with van der Waals surface area (Å²) in [4.78, 5) is 2.37. The van der Waals surface area contributed by atoms with Gasteiger partial charge in [-0.25, -0.2) is 8.78 Å². The fourth-order valence-electron chi connectivity index (χ4n) is 2.40. The maximum absolute atomic E-state index is 12.4. The van der Waals surface area contributed by atoms with Gasteiger partial charge in [0.25, 0.3) is 6.43 Å². The summed E-state index contributed by atoms with van der Waals surface area (Å²) < 4.78 is 24.8. The zero-order valence-electron chi connectivity index (χ0n) is 10.7. The molecule has 1 aliphatic rings. The van der Waals surface area contributed by atoms with Gasteiger partial charge in [-0.1, -0.05) is 24.3 Å². The van der Waals surface area contributed by atoms with Gasteiger partial charge in [-0.15, -0.1) is 0 Å². The van der Waals surface area contributed by atoms with Gasteiger partial charge in [-0.3, -0.25) is 0 Å². The van der Waals surface area contributed by atoms with Gasteiger partial charge in [0.1, 0.15) is 0 Å². The van der Waals surface area contributed by atoms with Crippen LogP contribution >= 0.6 is 0 Å². The van der Waals surface area contributed by atoms with Crippen LogP contribution in [0.3, 0.4) is 0 Å². The summed E-state index contributed by atoms with van der Waals surface area (Å²) in [6, 6.07) is 7.16. The quantitative estimate of drug-likeness (QED) is 0.869. The Balaban J connectivity index is 1.76. The van der Waals surface area contributed by atoms with Crippen molar-refractivity contribution in [2.75, 3.05) is 20.1 Å². The average Bonchev–Trinajstić information content (AvgIpc) is 2.76. The molecule has 0 spiro atoms. The lowest BCUT2D eigenvalue weighted by Crippen LogP contribution is -2.35. The summed E-state index contributed by atoms with van der Waals surface area (Å²) in [6.45, 7) is 2.89. The largest absolute Gasteiger partial charge is 0.311 e. The van der Waals surface area contributed by atoms with Crippen LogP contribution in [-0.4, -0.2) is 31.1 Å². The van der Waals surface area contributed by atoms with Crippen LogP contribution in [0.15, 0.2) is 24.3 Å². The predicted octanol–water partition coefficient (Wildman–Crippen LogP) is 2.81. The van der Waals surface area contributed by atoms with Crippen molar-refractivity contribution in [2.24, 2.45) is 0 Å². The number of nitrogens with one attached hydrogen (secondary N) is 1. The molecule has 0 amide bonds. The van der Waals surface area contributed by atoms with E-state index in [2.05, 4.69) is 17.3 Å². The second kappa shape index (κ2) is 6.25. The lowest BCUT2D eigenvalue weighted by Gasteiger charge is -2.19. The number of likely N-dealkylation sites (tertiary alicyclic amines) is 1. The summed E-state index contributed by atoms with van der Waals surface area (Å²) in [6.07, 6.45) is 0.138. The first-order chi connectivity index (χ1) is 8.66. The van der Waals surface area contributed by atoms with Gasteiger partial charge in [0, 0.05) is 24.7 Å². The first kappa shape index (κ1) is 13.4. The number of halogens is 2. The number of nitrogens with zero attached hydrogens (tertiary/aromatic N) is 1. The molecule has 1 fully saturated rings. The van der Waals surface area contributed by atoms with Gasteiger partial charge in [-0.05, 0) is 32.0 Å². The third-order valence-electron chi connectivity index (χ3n) is 3.61. The first-order valence-electron chi connectivity index (χ1n) is 6.45. The van der Waals surface area contributed by atoms with Crippen molar-refractivity contribution in [1.82, 2.24) is 10.2 Å². The van der Waals surface area contributed by atoms with Gasteiger partial charge in [-0.2, -0.15) is 0 Å². The number of hydrogen-bond acceptors (Lipinski definition) is 2. The minimum absolute atomic E-state index is 0.0919. The molecule has 0 aromatic heterocycles. The smallest absolute Gasteiger partial charge is 0.263 e. The molecule has 0 bridgehead atoms. The Bertz CT molecular complexity index is 365. The van der Waals surface area contributed by atoms with E-state index in [-0.39, 0.29) is 5.56 Å². The van der Waals surface area contributed by atoms with Crippen LogP contribution in [0.25, 0.3) is 0 Å². The fourth-order valence-corrected chi connectivity index (χ4v) is 2.40. The van der Waals surface area contributed by atoms with E-state index in [1.54, 1.807) is 12.1 Å². The Labute approximate surface area is 107 Å². The zero-order valence-corrected chi connectivity index (χ0v) is 10.7. The molecule has 1 N–H and O–H groups in total. The van der Waals surface area contributed by atoms with Crippen molar-refractivity contribution in [3.05, 3.63) is 35.4 Å². The highest BCUT2D eigenvalue weighted by molar-refractivity contribution is 5.23. The maximum atomic E-state index is 12.4. The minimum Gasteiger partial charge on any atom is -0.311 e. The van der Waals surface area contributed by atoms with Gasteiger partial charge in [0.15, 0.2) is 0 Å². The van der Waals surface area contributed by atoms with Crippen LogP contribution < -0.4 is 5.32 Å². The molecule has 1 aliphatic heterocycles. The Morgan fingerprint density at radius 1 is 1.33 bits per heavy atom. The summed E-state index contributed by atoms with van der Waals surface area (Å²) in [7, 11) is 2.15. The molecule has 2 rings (SSSR count). The van der Waals surface area contributed by atoms with Crippen LogP contribution in [0.4, 0.5) is 8.78 Å². The first-order valence-corrected chi connectivity index (χ1v) is 6.45. The van der Waals surface area contributed by atoms with Crippen LogP contribution in [0, 0.1) is 0 Å². The molecule has 0 saturated carbocycles. The molecular weight excluding hydrogens is 234 g/mol. The van der Waals surface area contributed by atoms with Crippen molar-refractivity contribution >= 4 is 0 Å². The topological polar surface area (TPSA) is 15.3 Å². The third-order valence-corrected chi connectivity index (χ3v) is 3.61. The molecule has 18 heavy (non-hydrogen) atoms. The molecule has 1 heterocycles. The van der Waals surface area contributed by atoms with E-state index in [0.717, 1.165) is 18.7 Å². The molecular formula is C14H20F2N2. The molecule has 1 aromatic rings. The molecule has 1 atom stereocenters. The van der Waals surface area contributed by atoms with Crippen LogP contribution in [0.1, 0.15) is 30.4 Å². The Morgan fingerprint density at radius 2 is 2.06 bits per heavy atom. The van der Waals surface area contributed by atoms with E-state index >= 15 is 0 Å². The molecule has 100 valence electrons. The van der Waals surface area contributed by atoms with Crippen LogP contribution in [0.2, 0.25) is 0 Å². The number of rotatable bonds is 5. The van der Waals surface area contributed by atoms with E-state index in [4.69, 9.17) is 0 Å². The van der Waals surface area contributed by atoms with Gasteiger partial charge in [0.05, 0.1) is 0 Å². The SMILES string of the molecule is CN1CCCC1CNCc1ccc(C(F)F)cc1. The Hall–Kier alpha value is -1.00. The second-order valence-corrected chi connectivity index (χ2v) is 4.95. The minimum atomic E-state index is -2.38. The van der Waals surface area contributed by atoms with Crippen LogP contribution in [0.5, 0.6) is 0 Å². The van der Waals surface area contributed by atoms with E-state index in [0.29, 0.717) is 6.04 Å². The van der Waals surface area contributed by atoms with E-state index in [9.17, 15) is 8.78 Å². The van der Waals surface area contributed by atoms with Crippen molar-refractivity contribution in [3.63, 3.8) is 0 Å². The summed E-state index contributed by atoms with van der Waals surface area (Å²) in [5, 5.41) is 3.39. The van der Waals surface area contributed by atoms with Gasteiger partial charge < -0.3 is 10.2 Å². The highest BCUT2D eigenvalue weighted by Gasteiger charge is 2.19. The highest BCUT2D eigenvalue weighted by atomic mass is 19.3. The normalized spacial score (nSPS) is 20.8. The Morgan fingerprint density at radius 3 is 2.61 bits per heavy atom. The fraction of sp³-hybridized carbons (Fsp3) is 0.571. The standard InChI is InChI=1S/C14H20F2N2/c1-18-8-2-3-13(18)10-17-9-11-4-6-12(7-5-11)14(15)16/h4-7,13-14,17H,2-3,8-10H2,1H3. The predicted molar refractivity (Wildman–Crippen MR) is 68.8 cm³/mol. The molecule has 1 saturated heterocycles. The monoisotopic (exact) mass is 254 g/mol. The molecule has 4 heteroatoms. The summed E-state index contributed by atoms with van der Waals surface area (Å²) in [5.41, 5.74) is 1.15. The summed E-state index contributed by atoms with van der Waals surface area (Å²) in [5.74, 6) is 0. The third kappa shape index (κ3) is 3.50. The molecule has 1 aromatic carbocycles. The zero-order chi connectivity index (χ0) is 13.0. The Kier molecular flexibility index (Phi) is 4.66. The molecule has 0 aliphatic carbocycles. The van der Waals surface area contributed by atoms with Gasteiger partial charge in [0.2, 0.25) is 0 Å². The lowest BCUT2D eigenvalue weighted by atomic mass is 10.1. The van der Waals surface area contributed by atoms with Crippen molar-refractivity contribution < 1.29 is 8.78 Å². The number of hydrogen-bond donors (Lipinski definition) is 1. The van der Waals surface area contributed by atoms with E-state index < -0.39 is 6.43 Å². The second-order valence-electron chi connectivity index (χ2n) is 4.95. The van der Waals surface area contributed by atoms with Crippen molar-refractivity contribution in [2.45, 2.75) is 31.9 Å². The van der Waals surface area contributed by atoms with Gasteiger partial charge >= 0.3 is 0 Å². The van der Waals surface area contributed by atoms with Crippen LogP contribution in [-0.2, 0) is 6.54 Å². The number of alkyl halides is 2. The number of likely N-dealkylation sites (N-methyl/N-ethyl adjacent to an activating group) is 1. The van der Waals surface area contributed by atoms with Crippen molar-refractivity contribution in [3.8, 4) is 0 Å². The van der Waals surface area contributed by atoms with E-state index in [1.165, 1.54) is 31.5 Å². The molecule has 0 radical (unpaired) electrons. The summed E-state index contributed by atoms with van der Waals surface area (Å²) >= 11 is 0. The maximum Gasteiger partial charge on any atom is 0.263 e.